The molecule has 0 amide bonds. The molecule has 0 aromatic heterocycles. The fourth-order valence-electron chi connectivity index (χ4n) is 1.85. The second-order valence-electron chi connectivity index (χ2n) is 3.47. The molecule has 1 aliphatic rings. The second-order valence-corrected chi connectivity index (χ2v) is 3.47. The van der Waals surface area contributed by atoms with Crippen LogP contribution < -0.4 is 10.1 Å². The fraction of sp³-hybridized carbons (Fsp3) is 0.364. The molecule has 1 fully saturated rings. The Morgan fingerprint density at radius 2 is 2.33 bits per heavy atom. The highest BCUT2D eigenvalue weighted by molar-refractivity contribution is 5.88. The van der Waals surface area contributed by atoms with Gasteiger partial charge in [0.1, 0.15) is 0 Å². The zero-order valence-electron chi connectivity index (χ0n) is 8.42. The Morgan fingerprint density at radius 1 is 1.53 bits per heavy atom. The highest BCUT2D eigenvalue weighted by atomic mass is 19.1. The third-order valence-corrected chi connectivity index (χ3v) is 2.55. The number of para-hydroxylation sites is 1. The lowest BCUT2D eigenvalue weighted by Gasteiger charge is -2.14. The molecule has 1 atom stereocenters. The molecule has 2 rings (SSSR count). The predicted molar refractivity (Wildman–Crippen MR) is 53.3 cm³/mol. The van der Waals surface area contributed by atoms with Gasteiger partial charge in [-0.15, -0.1) is 0 Å². The number of ketones is 1. The summed E-state index contributed by atoms with van der Waals surface area (Å²) in [4.78, 5) is 11.5. The molecule has 1 saturated heterocycles. The number of carbonyl (C=O) groups excluding carboxylic acids is 1. The van der Waals surface area contributed by atoms with Gasteiger partial charge in [0.15, 0.2) is 17.3 Å². The van der Waals surface area contributed by atoms with E-state index in [0.717, 1.165) is 0 Å². The number of carbonyl (C=O) groups is 1. The summed E-state index contributed by atoms with van der Waals surface area (Å²) >= 11 is 0. The second kappa shape index (κ2) is 3.98. The number of methoxy groups -OCH3 is 1. The summed E-state index contributed by atoms with van der Waals surface area (Å²) < 4.78 is 18.3. The normalized spacial score (nSPS) is 20.7. The van der Waals surface area contributed by atoms with Gasteiger partial charge in [-0.25, -0.2) is 4.39 Å². The van der Waals surface area contributed by atoms with Crippen LogP contribution in [0, 0.1) is 5.82 Å². The van der Waals surface area contributed by atoms with Crippen LogP contribution in [0.2, 0.25) is 0 Å². The molecule has 0 bridgehead atoms. The molecule has 0 radical (unpaired) electrons. The molecular weight excluding hydrogens is 197 g/mol. The summed E-state index contributed by atoms with van der Waals surface area (Å²) in [5.41, 5.74) is 0.583. The summed E-state index contributed by atoms with van der Waals surface area (Å²) in [6.45, 7) is 0.642. The van der Waals surface area contributed by atoms with Crippen LogP contribution in [0.15, 0.2) is 18.2 Å². The minimum atomic E-state index is -0.434. The minimum absolute atomic E-state index is 0.0823. The Bertz CT molecular complexity index is 392. The number of ether oxygens (including phenoxy) is 1. The molecule has 4 heteroatoms. The number of rotatable bonds is 2. The van der Waals surface area contributed by atoms with Crippen LogP contribution in [0.5, 0.6) is 5.75 Å². The summed E-state index contributed by atoms with van der Waals surface area (Å²) in [5, 5.41) is 3.03. The topological polar surface area (TPSA) is 38.3 Å². The van der Waals surface area contributed by atoms with Crippen molar-refractivity contribution in [1.82, 2.24) is 5.32 Å². The van der Waals surface area contributed by atoms with Crippen LogP contribution in [-0.2, 0) is 4.79 Å². The fourth-order valence-corrected chi connectivity index (χ4v) is 1.85. The standard InChI is InChI=1S/C11H12FNO2/c1-15-11-7(3-2-4-8(11)12)10-9(14)5-6-13-10/h2-4,10,13H,5-6H2,1H3. The number of hydrogen-bond acceptors (Lipinski definition) is 3. The Kier molecular flexibility index (Phi) is 2.68. The number of halogens is 1. The maximum Gasteiger partial charge on any atom is 0.165 e. The molecule has 1 unspecified atom stereocenters. The lowest BCUT2D eigenvalue weighted by molar-refractivity contribution is -0.118. The van der Waals surface area contributed by atoms with Crippen molar-refractivity contribution in [2.45, 2.75) is 12.5 Å². The van der Waals surface area contributed by atoms with Crippen molar-refractivity contribution in [3.63, 3.8) is 0 Å². The quantitative estimate of drug-likeness (QED) is 0.800. The van der Waals surface area contributed by atoms with Crippen molar-refractivity contribution in [3.8, 4) is 5.75 Å². The van der Waals surface area contributed by atoms with Crippen molar-refractivity contribution in [2.24, 2.45) is 0 Å². The molecule has 1 heterocycles. The van der Waals surface area contributed by atoms with Crippen LogP contribution in [-0.4, -0.2) is 19.4 Å². The molecule has 1 N–H and O–H groups in total. The molecule has 15 heavy (non-hydrogen) atoms. The molecule has 1 aromatic rings. The van der Waals surface area contributed by atoms with Crippen LogP contribution in [0.25, 0.3) is 0 Å². The van der Waals surface area contributed by atoms with Gasteiger partial charge in [-0.3, -0.25) is 4.79 Å². The van der Waals surface area contributed by atoms with Crippen molar-refractivity contribution in [1.29, 1.82) is 0 Å². The van der Waals surface area contributed by atoms with Crippen molar-refractivity contribution in [2.75, 3.05) is 13.7 Å². The number of benzene rings is 1. The molecule has 0 spiro atoms. The predicted octanol–water partition coefficient (Wildman–Crippen LogP) is 1.44. The summed E-state index contributed by atoms with van der Waals surface area (Å²) in [5.74, 6) is -0.194. The van der Waals surface area contributed by atoms with E-state index in [4.69, 9.17) is 4.74 Å². The molecule has 1 aliphatic heterocycles. The monoisotopic (exact) mass is 209 g/mol. The first-order valence-corrected chi connectivity index (χ1v) is 4.82. The van der Waals surface area contributed by atoms with E-state index in [9.17, 15) is 9.18 Å². The van der Waals surface area contributed by atoms with Crippen molar-refractivity contribution in [3.05, 3.63) is 29.6 Å². The maximum atomic E-state index is 13.4. The molecule has 3 nitrogen and oxygen atoms in total. The van der Waals surface area contributed by atoms with Gasteiger partial charge < -0.3 is 10.1 Å². The Balaban J connectivity index is 2.42. The van der Waals surface area contributed by atoms with Gasteiger partial charge >= 0.3 is 0 Å². The lowest BCUT2D eigenvalue weighted by Crippen LogP contribution is -2.18. The third kappa shape index (κ3) is 1.72. The minimum Gasteiger partial charge on any atom is -0.493 e. The summed E-state index contributed by atoms with van der Waals surface area (Å²) in [6, 6.07) is 4.20. The van der Waals surface area contributed by atoms with Gasteiger partial charge in [0.05, 0.1) is 13.2 Å². The molecule has 0 aliphatic carbocycles. The maximum absolute atomic E-state index is 13.4. The van der Waals surface area contributed by atoms with E-state index in [0.29, 0.717) is 18.5 Å². The SMILES string of the molecule is COc1c(F)cccc1C1NCCC1=O. The average molecular weight is 209 g/mol. The van der Waals surface area contributed by atoms with E-state index >= 15 is 0 Å². The third-order valence-electron chi connectivity index (χ3n) is 2.55. The van der Waals surface area contributed by atoms with Crippen molar-refractivity contribution < 1.29 is 13.9 Å². The zero-order valence-corrected chi connectivity index (χ0v) is 8.42. The Morgan fingerprint density at radius 3 is 2.93 bits per heavy atom. The number of Topliss-reactive ketones (excluding diaryl/α,β-unsaturated/α-hetero) is 1. The van der Waals surface area contributed by atoms with Crippen LogP contribution >= 0.6 is 0 Å². The van der Waals surface area contributed by atoms with Crippen molar-refractivity contribution >= 4 is 5.78 Å². The van der Waals surface area contributed by atoms with E-state index in [1.165, 1.54) is 13.2 Å². The first kappa shape index (κ1) is 10.1. The Labute approximate surface area is 87.2 Å². The average Bonchev–Trinajstić information content (AvgIpc) is 2.64. The first-order valence-electron chi connectivity index (χ1n) is 4.82. The largest absolute Gasteiger partial charge is 0.493 e. The highest BCUT2D eigenvalue weighted by Crippen LogP contribution is 2.30. The van der Waals surface area contributed by atoms with E-state index in [2.05, 4.69) is 5.32 Å². The van der Waals surface area contributed by atoms with E-state index < -0.39 is 11.9 Å². The van der Waals surface area contributed by atoms with Gasteiger partial charge in [0, 0.05) is 18.5 Å². The van der Waals surface area contributed by atoms with E-state index in [-0.39, 0.29) is 11.5 Å². The molecule has 0 saturated carbocycles. The first-order chi connectivity index (χ1) is 7.24. The van der Waals surface area contributed by atoms with Gasteiger partial charge in [-0.1, -0.05) is 12.1 Å². The van der Waals surface area contributed by atoms with Crippen LogP contribution in [0.1, 0.15) is 18.0 Å². The van der Waals surface area contributed by atoms with Gasteiger partial charge in [0.25, 0.3) is 0 Å². The summed E-state index contributed by atoms with van der Waals surface area (Å²) in [7, 11) is 1.40. The smallest absolute Gasteiger partial charge is 0.165 e. The van der Waals surface area contributed by atoms with Crippen LogP contribution in [0.4, 0.5) is 4.39 Å². The van der Waals surface area contributed by atoms with Gasteiger partial charge in [-0.05, 0) is 6.07 Å². The highest BCUT2D eigenvalue weighted by Gasteiger charge is 2.28. The number of nitrogens with one attached hydrogen (secondary N) is 1. The Hall–Kier alpha value is -1.42. The van der Waals surface area contributed by atoms with E-state index in [1.54, 1.807) is 12.1 Å². The van der Waals surface area contributed by atoms with Crippen LogP contribution in [0.3, 0.4) is 0 Å². The lowest BCUT2D eigenvalue weighted by atomic mass is 10.0. The zero-order chi connectivity index (χ0) is 10.8. The van der Waals surface area contributed by atoms with E-state index in [1.807, 2.05) is 0 Å². The molecular formula is C11H12FNO2. The summed E-state index contributed by atoms with van der Waals surface area (Å²) in [6.07, 6.45) is 0.490. The number of hydrogen-bond donors (Lipinski definition) is 1. The van der Waals surface area contributed by atoms with Gasteiger partial charge in [-0.2, -0.15) is 0 Å². The van der Waals surface area contributed by atoms with Gasteiger partial charge in [0.2, 0.25) is 0 Å². The molecule has 1 aromatic carbocycles. The molecule has 80 valence electrons.